The number of carbonyl (C=O) groups is 1. The Bertz CT molecular complexity index is 1040. The second-order valence-corrected chi connectivity index (χ2v) is 9.33. The maximum Gasteiger partial charge on any atom is 0.347 e. The number of carboxylic acids is 1. The first-order valence-electron chi connectivity index (χ1n) is 9.22. The van der Waals surface area contributed by atoms with Gasteiger partial charge in [0.25, 0.3) is 0 Å². The quantitative estimate of drug-likeness (QED) is 0.489. The van der Waals surface area contributed by atoms with Crippen LogP contribution in [0.3, 0.4) is 0 Å². The average molecular weight is 429 g/mol. The first-order valence-corrected chi connectivity index (χ1v) is 11.0. The van der Waals surface area contributed by atoms with Crippen LogP contribution in [0.5, 0.6) is 5.75 Å². The van der Waals surface area contributed by atoms with E-state index in [1.807, 2.05) is 25.1 Å². The van der Waals surface area contributed by atoms with Crippen molar-refractivity contribution in [2.24, 2.45) is 0 Å². The van der Waals surface area contributed by atoms with Gasteiger partial charge in [-0.15, -0.1) is 11.8 Å². The van der Waals surface area contributed by atoms with Gasteiger partial charge in [0.15, 0.2) is 11.4 Å². The van der Waals surface area contributed by atoms with E-state index in [1.54, 1.807) is 25.6 Å². The maximum absolute atomic E-state index is 11.3. The van der Waals surface area contributed by atoms with Crippen LogP contribution in [0.1, 0.15) is 35.5 Å². The van der Waals surface area contributed by atoms with Gasteiger partial charge in [0.2, 0.25) is 0 Å². The molecule has 29 heavy (non-hydrogen) atoms. The van der Waals surface area contributed by atoms with Crippen LogP contribution in [0.4, 0.5) is 0 Å². The van der Waals surface area contributed by atoms with E-state index >= 15 is 0 Å². The van der Waals surface area contributed by atoms with E-state index in [9.17, 15) is 9.90 Å². The number of aryl methyl sites for hydroxylation is 3. The average Bonchev–Trinajstić information content (AvgIpc) is 3.13. The van der Waals surface area contributed by atoms with E-state index in [0.29, 0.717) is 5.75 Å². The molecule has 0 spiro atoms. The molecule has 152 valence electrons. The van der Waals surface area contributed by atoms with Crippen LogP contribution in [0, 0.1) is 20.8 Å². The van der Waals surface area contributed by atoms with Crippen molar-refractivity contribution >= 4 is 29.3 Å². The van der Waals surface area contributed by atoms with E-state index < -0.39 is 11.6 Å². The third-order valence-electron chi connectivity index (χ3n) is 4.62. The topological polar surface area (TPSA) is 72.3 Å². The monoisotopic (exact) mass is 428 g/mol. The van der Waals surface area contributed by atoms with E-state index in [1.165, 1.54) is 22.7 Å². The van der Waals surface area contributed by atoms with Crippen LogP contribution in [-0.4, -0.2) is 26.0 Å². The Morgan fingerprint density at radius 3 is 2.52 bits per heavy atom. The number of carboxylic acid groups (broad SMARTS) is 1. The summed E-state index contributed by atoms with van der Waals surface area (Å²) in [6.07, 6.45) is 0. The second kappa shape index (κ2) is 8.55. The first-order chi connectivity index (χ1) is 13.7. The highest BCUT2D eigenvalue weighted by atomic mass is 32.2. The van der Waals surface area contributed by atoms with Crippen molar-refractivity contribution in [2.75, 3.05) is 0 Å². The highest BCUT2D eigenvalue weighted by Crippen LogP contribution is 2.31. The molecule has 0 aliphatic rings. The van der Waals surface area contributed by atoms with Gasteiger partial charge in [0.1, 0.15) is 10.8 Å². The van der Waals surface area contributed by atoms with E-state index in [0.717, 1.165) is 32.6 Å². The zero-order chi connectivity index (χ0) is 21.2. The second-order valence-electron chi connectivity index (χ2n) is 7.44. The minimum atomic E-state index is -1.27. The number of benzene rings is 2. The summed E-state index contributed by atoms with van der Waals surface area (Å²) in [5.74, 6) is 1.08. The van der Waals surface area contributed by atoms with Gasteiger partial charge in [0, 0.05) is 10.5 Å². The number of ether oxygens (including phenoxy) is 1. The van der Waals surface area contributed by atoms with Gasteiger partial charge in [-0.05, 0) is 87.1 Å². The molecule has 3 rings (SSSR count). The Labute approximate surface area is 179 Å². The summed E-state index contributed by atoms with van der Waals surface area (Å²) < 4.78 is 10.2. The van der Waals surface area contributed by atoms with Crippen LogP contribution in [0.15, 0.2) is 41.3 Å². The Morgan fingerprint density at radius 1 is 1.10 bits per heavy atom. The summed E-state index contributed by atoms with van der Waals surface area (Å²) in [4.78, 5) is 17.0. The molecule has 0 atom stereocenters. The lowest BCUT2D eigenvalue weighted by molar-refractivity contribution is -0.152. The van der Waals surface area contributed by atoms with Crippen molar-refractivity contribution in [3.63, 3.8) is 0 Å². The lowest BCUT2D eigenvalue weighted by Gasteiger charge is -2.22. The van der Waals surface area contributed by atoms with Crippen LogP contribution in [0.25, 0.3) is 11.4 Å². The molecule has 0 aliphatic carbocycles. The number of aromatic nitrogens is 2. The predicted molar refractivity (Wildman–Crippen MR) is 118 cm³/mol. The minimum absolute atomic E-state index is 0.578. The maximum atomic E-state index is 11.3. The molecule has 0 bridgehead atoms. The normalized spacial score (nSPS) is 11.5. The number of hydrogen-bond acceptors (Lipinski definition) is 6. The van der Waals surface area contributed by atoms with Gasteiger partial charge in [-0.1, -0.05) is 12.1 Å². The number of hydrogen-bond donors (Lipinski definition) is 1. The van der Waals surface area contributed by atoms with Gasteiger partial charge in [-0.3, -0.25) is 0 Å². The standard InChI is InChI=1S/C22H24N2O3S2/c1-13-6-7-16(10-14(13)2)20-23-19(29-24-20)12-28-17-8-9-18(15(3)11-17)27-22(4,5)21(25)26/h6-11H,12H2,1-5H3,(H,25,26). The molecule has 0 unspecified atom stereocenters. The third-order valence-corrected chi connectivity index (χ3v) is 6.52. The van der Waals surface area contributed by atoms with Crippen molar-refractivity contribution in [2.45, 2.75) is 50.9 Å². The SMILES string of the molecule is Cc1ccc(-c2nsc(CSc3ccc(OC(C)(C)C(=O)O)c(C)c3)n2)cc1C. The highest BCUT2D eigenvalue weighted by molar-refractivity contribution is 7.98. The molecule has 1 heterocycles. The van der Waals surface area contributed by atoms with E-state index in [2.05, 4.69) is 41.4 Å². The van der Waals surface area contributed by atoms with Crippen molar-refractivity contribution in [1.29, 1.82) is 0 Å². The highest BCUT2D eigenvalue weighted by Gasteiger charge is 2.29. The lowest BCUT2D eigenvalue weighted by Crippen LogP contribution is -2.38. The van der Waals surface area contributed by atoms with Crippen LogP contribution >= 0.6 is 23.3 Å². The summed E-state index contributed by atoms with van der Waals surface area (Å²) in [6.45, 7) is 9.19. The minimum Gasteiger partial charge on any atom is -0.478 e. The number of aliphatic carboxylic acids is 1. The molecular formula is C22H24N2O3S2. The Kier molecular flexibility index (Phi) is 6.29. The third kappa shape index (κ3) is 5.16. The molecule has 0 fully saturated rings. The van der Waals surface area contributed by atoms with Gasteiger partial charge in [0.05, 0.1) is 5.75 Å². The van der Waals surface area contributed by atoms with Crippen LogP contribution < -0.4 is 4.74 Å². The first kappa shape index (κ1) is 21.3. The molecule has 0 amide bonds. The predicted octanol–water partition coefficient (Wildman–Crippen LogP) is 5.66. The summed E-state index contributed by atoms with van der Waals surface area (Å²) in [5.41, 5.74) is 3.17. The Hall–Kier alpha value is -2.38. The summed E-state index contributed by atoms with van der Waals surface area (Å²) in [6, 6.07) is 12.0. The fraction of sp³-hybridized carbons (Fsp3) is 0.318. The molecule has 0 radical (unpaired) electrons. The fourth-order valence-electron chi connectivity index (χ4n) is 2.60. The van der Waals surface area contributed by atoms with Crippen molar-refractivity contribution in [1.82, 2.24) is 9.36 Å². The van der Waals surface area contributed by atoms with Crippen molar-refractivity contribution in [3.8, 4) is 17.1 Å². The van der Waals surface area contributed by atoms with E-state index in [-0.39, 0.29) is 0 Å². The number of rotatable bonds is 7. The van der Waals surface area contributed by atoms with Crippen molar-refractivity contribution in [3.05, 3.63) is 58.1 Å². The molecule has 3 aromatic rings. The Morgan fingerprint density at radius 2 is 1.86 bits per heavy atom. The van der Waals surface area contributed by atoms with Crippen LogP contribution in [0.2, 0.25) is 0 Å². The molecule has 0 aliphatic heterocycles. The summed E-state index contributed by atoms with van der Waals surface area (Å²) in [5, 5.41) is 10.2. The van der Waals surface area contributed by atoms with Crippen molar-refractivity contribution < 1.29 is 14.6 Å². The smallest absolute Gasteiger partial charge is 0.347 e. The summed E-state index contributed by atoms with van der Waals surface area (Å²) >= 11 is 3.09. The number of thioether (sulfide) groups is 1. The van der Waals surface area contributed by atoms with Crippen LogP contribution in [-0.2, 0) is 10.5 Å². The zero-order valence-electron chi connectivity index (χ0n) is 17.1. The molecule has 7 heteroatoms. The van der Waals surface area contributed by atoms with E-state index in [4.69, 9.17) is 4.74 Å². The van der Waals surface area contributed by atoms with Gasteiger partial charge in [-0.2, -0.15) is 4.37 Å². The molecule has 1 N–H and O–H groups in total. The van der Waals surface area contributed by atoms with Gasteiger partial charge >= 0.3 is 5.97 Å². The molecule has 1 aromatic heterocycles. The fourth-order valence-corrected chi connectivity index (χ4v) is 4.23. The zero-order valence-corrected chi connectivity index (χ0v) is 18.8. The largest absolute Gasteiger partial charge is 0.478 e. The van der Waals surface area contributed by atoms with Gasteiger partial charge < -0.3 is 9.84 Å². The molecule has 0 saturated heterocycles. The number of nitrogens with zero attached hydrogens (tertiary/aromatic N) is 2. The molecular weight excluding hydrogens is 404 g/mol. The lowest BCUT2D eigenvalue weighted by atomic mass is 10.1. The molecule has 5 nitrogen and oxygen atoms in total. The molecule has 0 saturated carbocycles. The summed E-state index contributed by atoms with van der Waals surface area (Å²) in [7, 11) is 0. The Balaban J connectivity index is 1.66. The molecule has 2 aromatic carbocycles. The van der Waals surface area contributed by atoms with Gasteiger partial charge in [-0.25, -0.2) is 9.78 Å².